The molecule has 1 aromatic carbocycles. The predicted octanol–water partition coefficient (Wildman–Crippen LogP) is 3.54. The van der Waals surface area contributed by atoms with Crippen LogP contribution in [0.15, 0.2) is 33.4 Å². The summed E-state index contributed by atoms with van der Waals surface area (Å²) in [6.07, 6.45) is 0.615. The van der Waals surface area contributed by atoms with Gasteiger partial charge >= 0.3 is 0 Å². The first kappa shape index (κ1) is 13.6. The van der Waals surface area contributed by atoms with Gasteiger partial charge in [-0.05, 0) is 56.4 Å². The molecular formula is C12H11BrF2N2S. The van der Waals surface area contributed by atoms with E-state index in [4.69, 9.17) is 5.84 Å². The summed E-state index contributed by atoms with van der Waals surface area (Å²) in [7, 11) is 0. The maximum Gasteiger partial charge on any atom is 0.173 e. The molecule has 0 fully saturated rings. The molecule has 0 spiro atoms. The summed E-state index contributed by atoms with van der Waals surface area (Å²) in [6.45, 7) is 0. The molecule has 0 saturated carbocycles. The van der Waals surface area contributed by atoms with E-state index in [0.717, 1.165) is 11.6 Å². The fourth-order valence-electron chi connectivity index (χ4n) is 1.71. The molecule has 1 aromatic heterocycles. The lowest BCUT2D eigenvalue weighted by Crippen LogP contribution is -2.30. The van der Waals surface area contributed by atoms with Crippen molar-refractivity contribution in [2.75, 3.05) is 0 Å². The van der Waals surface area contributed by atoms with Crippen LogP contribution in [0.2, 0.25) is 0 Å². The minimum Gasteiger partial charge on any atom is -0.271 e. The molecule has 0 radical (unpaired) electrons. The minimum atomic E-state index is -0.891. The Bertz CT molecular complexity index is 531. The first-order valence-electron chi connectivity index (χ1n) is 5.24. The van der Waals surface area contributed by atoms with E-state index in [1.165, 1.54) is 6.07 Å². The van der Waals surface area contributed by atoms with Gasteiger partial charge in [0.15, 0.2) is 11.6 Å². The van der Waals surface area contributed by atoms with Crippen LogP contribution in [0.5, 0.6) is 0 Å². The van der Waals surface area contributed by atoms with Crippen molar-refractivity contribution in [2.45, 2.75) is 12.5 Å². The number of thiophene rings is 1. The van der Waals surface area contributed by atoms with E-state index in [9.17, 15) is 8.78 Å². The lowest BCUT2D eigenvalue weighted by molar-refractivity contribution is 0.491. The number of rotatable bonds is 4. The van der Waals surface area contributed by atoms with E-state index in [1.807, 2.05) is 16.8 Å². The van der Waals surface area contributed by atoms with E-state index in [-0.39, 0.29) is 10.5 Å². The number of nitrogens with two attached hydrogens (primary N) is 1. The van der Waals surface area contributed by atoms with Crippen molar-refractivity contribution in [3.63, 3.8) is 0 Å². The zero-order chi connectivity index (χ0) is 13.1. The smallest absolute Gasteiger partial charge is 0.173 e. The first-order chi connectivity index (χ1) is 8.63. The van der Waals surface area contributed by atoms with E-state index in [1.54, 1.807) is 11.3 Å². The van der Waals surface area contributed by atoms with Gasteiger partial charge in [0.1, 0.15) is 0 Å². The van der Waals surface area contributed by atoms with Gasteiger partial charge in [0, 0.05) is 0 Å². The summed E-state index contributed by atoms with van der Waals surface area (Å²) in [5.41, 5.74) is 4.33. The fraction of sp³-hybridized carbons (Fsp3) is 0.167. The van der Waals surface area contributed by atoms with E-state index >= 15 is 0 Å². The Morgan fingerprint density at radius 1 is 1.33 bits per heavy atom. The van der Waals surface area contributed by atoms with Crippen LogP contribution in [-0.2, 0) is 6.42 Å². The molecule has 2 rings (SSSR count). The second-order valence-corrected chi connectivity index (χ2v) is 5.39. The number of halogens is 3. The molecule has 3 N–H and O–H groups in total. The molecule has 2 aromatic rings. The Hall–Kier alpha value is -0.820. The van der Waals surface area contributed by atoms with Crippen LogP contribution in [0.25, 0.3) is 0 Å². The lowest BCUT2D eigenvalue weighted by Gasteiger charge is -2.17. The number of hydrogen-bond acceptors (Lipinski definition) is 3. The molecule has 1 atom stereocenters. The summed E-state index contributed by atoms with van der Waals surface area (Å²) in [6, 6.07) is 4.33. The third-order valence-corrected chi connectivity index (χ3v) is 4.20. The standard InChI is InChI=1S/C12H11BrF2N2S/c13-11-8(1-2-9(14)12(11)15)10(17-16)5-7-3-4-18-6-7/h1-4,6,10,17H,5,16H2. The van der Waals surface area contributed by atoms with Crippen LogP contribution in [0.4, 0.5) is 8.78 Å². The number of benzene rings is 1. The molecule has 2 nitrogen and oxygen atoms in total. The van der Waals surface area contributed by atoms with Gasteiger partial charge in [-0.15, -0.1) is 0 Å². The SMILES string of the molecule is NNC(Cc1ccsc1)c1ccc(F)c(F)c1Br. The highest BCUT2D eigenvalue weighted by Gasteiger charge is 2.18. The summed E-state index contributed by atoms with van der Waals surface area (Å²) in [4.78, 5) is 0. The summed E-state index contributed by atoms with van der Waals surface area (Å²) in [5, 5.41) is 3.96. The van der Waals surface area contributed by atoms with E-state index < -0.39 is 11.6 Å². The highest BCUT2D eigenvalue weighted by atomic mass is 79.9. The van der Waals surface area contributed by atoms with Gasteiger partial charge in [-0.25, -0.2) is 8.78 Å². The first-order valence-corrected chi connectivity index (χ1v) is 6.97. The highest BCUT2D eigenvalue weighted by Crippen LogP contribution is 2.29. The molecule has 0 amide bonds. The van der Waals surface area contributed by atoms with Crippen molar-refractivity contribution in [1.82, 2.24) is 5.43 Å². The highest BCUT2D eigenvalue weighted by molar-refractivity contribution is 9.10. The monoisotopic (exact) mass is 332 g/mol. The molecule has 1 unspecified atom stereocenters. The number of nitrogens with one attached hydrogen (secondary N) is 1. The van der Waals surface area contributed by atoms with Crippen molar-refractivity contribution in [1.29, 1.82) is 0 Å². The third kappa shape index (κ3) is 2.77. The van der Waals surface area contributed by atoms with Crippen LogP contribution in [0, 0.1) is 11.6 Å². The van der Waals surface area contributed by atoms with Crippen LogP contribution >= 0.6 is 27.3 Å². The maximum absolute atomic E-state index is 13.5. The van der Waals surface area contributed by atoms with Crippen molar-refractivity contribution >= 4 is 27.3 Å². The topological polar surface area (TPSA) is 38.0 Å². The molecular weight excluding hydrogens is 322 g/mol. The third-order valence-electron chi connectivity index (χ3n) is 2.66. The molecule has 6 heteroatoms. The Balaban J connectivity index is 2.30. The molecule has 0 aliphatic rings. The second kappa shape index (κ2) is 5.88. The van der Waals surface area contributed by atoms with Crippen molar-refractivity contribution in [2.24, 2.45) is 5.84 Å². The van der Waals surface area contributed by atoms with Gasteiger partial charge in [0.05, 0.1) is 10.5 Å². The zero-order valence-corrected chi connectivity index (χ0v) is 11.7. The second-order valence-electron chi connectivity index (χ2n) is 3.82. The van der Waals surface area contributed by atoms with Gasteiger partial charge in [0.25, 0.3) is 0 Å². The van der Waals surface area contributed by atoms with Crippen molar-refractivity contribution < 1.29 is 8.78 Å². The molecule has 0 aliphatic carbocycles. The Morgan fingerprint density at radius 2 is 2.11 bits per heavy atom. The van der Waals surface area contributed by atoms with E-state index in [2.05, 4.69) is 21.4 Å². The van der Waals surface area contributed by atoms with Crippen molar-refractivity contribution in [3.8, 4) is 0 Å². The Kier molecular flexibility index (Phi) is 4.45. The van der Waals surface area contributed by atoms with Crippen LogP contribution in [0.3, 0.4) is 0 Å². The molecule has 0 bridgehead atoms. The predicted molar refractivity (Wildman–Crippen MR) is 72.1 cm³/mol. The van der Waals surface area contributed by atoms with Gasteiger partial charge in [-0.3, -0.25) is 11.3 Å². The largest absolute Gasteiger partial charge is 0.271 e. The average Bonchev–Trinajstić information content (AvgIpc) is 2.87. The quantitative estimate of drug-likeness (QED) is 0.510. The number of hydrazine groups is 1. The Morgan fingerprint density at radius 3 is 2.72 bits per heavy atom. The van der Waals surface area contributed by atoms with Gasteiger partial charge in [0.2, 0.25) is 0 Å². The van der Waals surface area contributed by atoms with E-state index in [0.29, 0.717) is 12.0 Å². The maximum atomic E-state index is 13.5. The minimum absolute atomic E-state index is 0.112. The molecule has 18 heavy (non-hydrogen) atoms. The van der Waals surface area contributed by atoms with Gasteiger partial charge in [-0.2, -0.15) is 11.3 Å². The summed E-state index contributed by atoms with van der Waals surface area (Å²) >= 11 is 4.65. The molecule has 0 saturated heterocycles. The molecule has 1 heterocycles. The molecule has 96 valence electrons. The zero-order valence-electron chi connectivity index (χ0n) is 9.29. The lowest BCUT2D eigenvalue weighted by atomic mass is 10.0. The van der Waals surface area contributed by atoms with Crippen LogP contribution in [-0.4, -0.2) is 0 Å². The van der Waals surface area contributed by atoms with Gasteiger partial charge in [-0.1, -0.05) is 6.07 Å². The van der Waals surface area contributed by atoms with Crippen molar-refractivity contribution in [3.05, 3.63) is 56.2 Å². The number of hydrogen-bond donors (Lipinski definition) is 2. The van der Waals surface area contributed by atoms with Crippen LogP contribution < -0.4 is 11.3 Å². The summed E-state index contributed by atoms with van der Waals surface area (Å²) in [5.74, 6) is 3.73. The molecule has 0 aliphatic heterocycles. The average molecular weight is 333 g/mol. The fourth-order valence-corrected chi connectivity index (χ4v) is 2.99. The van der Waals surface area contributed by atoms with Crippen LogP contribution in [0.1, 0.15) is 17.2 Å². The normalized spacial score (nSPS) is 12.7. The van der Waals surface area contributed by atoms with Gasteiger partial charge < -0.3 is 0 Å². The summed E-state index contributed by atoms with van der Waals surface area (Å²) < 4.78 is 26.6. The Labute approximate surface area is 116 Å².